The smallest absolute Gasteiger partial charge is 0.248 e. The number of amides is 2. The largest absolute Gasteiger partial charge is 0.353 e. The van der Waals surface area contributed by atoms with Crippen molar-refractivity contribution in [2.45, 2.75) is 13.5 Å². The summed E-state index contributed by atoms with van der Waals surface area (Å²) in [6, 6.07) is 5.16. The lowest BCUT2D eigenvalue weighted by atomic mass is 10.0. The number of carbonyl (C=O) groups is 2. The molecule has 1 aliphatic heterocycles. The molecule has 2 heterocycles. The molecule has 30 heavy (non-hydrogen) atoms. The first-order valence-electron chi connectivity index (χ1n) is 9.29. The van der Waals surface area contributed by atoms with Gasteiger partial charge in [-0.05, 0) is 25.1 Å². The second kappa shape index (κ2) is 9.42. The third-order valence-electron chi connectivity index (χ3n) is 4.75. The van der Waals surface area contributed by atoms with Crippen molar-refractivity contribution in [3.8, 4) is 11.3 Å². The van der Waals surface area contributed by atoms with E-state index in [1.807, 2.05) is 6.92 Å². The number of halogens is 2. The topological polar surface area (TPSA) is 106 Å². The van der Waals surface area contributed by atoms with Gasteiger partial charge in [0.2, 0.25) is 17.4 Å². The number of benzene rings is 1. The Labute approximate surface area is 184 Å². The van der Waals surface area contributed by atoms with Crippen LogP contribution in [0, 0.1) is 6.92 Å². The average molecular weight is 449 g/mol. The Morgan fingerprint density at radius 3 is 2.80 bits per heavy atom. The molecule has 8 nitrogen and oxygen atoms in total. The molecular formula is C20H22Cl2N6O2. The lowest BCUT2D eigenvalue weighted by Gasteiger charge is -2.25. The summed E-state index contributed by atoms with van der Waals surface area (Å²) in [5.41, 5.74) is 9.24. The highest BCUT2D eigenvalue weighted by Crippen LogP contribution is 2.32. The van der Waals surface area contributed by atoms with Crippen LogP contribution in [0.3, 0.4) is 0 Å². The summed E-state index contributed by atoms with van der Waals surface area (Å²) in [5.74, 6) is -0.474. The Hall–Kier alpha value is -2.68. The van der Waals surface area contributed by atoms with E-state index < -0.39 is 0 Å². The van der Waals surface area contributed by atoms with E-state index in [9.17, 15) is 9.59 Å². The van der Waals surface area contributed by atoms with Crippen LogP contribution in [0.25, 0.3) is 17.5 Å². The minimum Gasteiger partial charge on any atom is -0.353 e. The molecule has 0 bridgehead atoms. The van der Waals surface area contributed by atoms with Gasteiger partial charge >= 0.3 is 0 Å². The minimum atomic E-state index is -0.289. The Morgan fingerprint density at radius 1 is 1.40 bits per heavy atom. The first-order chi connectivity index (χ1) is 14.3. The molecule has 1 aromatic carbocycles. The summed E-state index contributed by atoms with van der Waals surface area (Å²) in [6.45, 7) is 2.95. The number of rotatable bonds is 4. The molecule has 2 aromatic rings. The molecule has 0 radical (unpaired) electrons. The number of nitrogens with two attached hydrogens (primary N) is 1. The molecule has 3 N–H and O–H groups in total. The first-order valence-corrected chi connectivity index (χ1v) is 10.1. The van der Waals surface area contributed by atoms with Crippen LogP contribution in [0.2, 0.25) is 10.0 Å². The fraction of sp³-hybridized carbons (Fsp3) is 0.300. The molecule has 0 atom stereocenters. The number of nitrogens with one attached hydrogen (secondary N) is 1. The molecule has 3 rings (SSSR count). The van der Waals surface area contributed by atoms with Gasteiger partial charge in [0.05, 0.1) is 17.3 Å². The van der Waals surface area contributed by atoms with Crippen LogP contribution in [0.4, 0.5) is 0 Å². The molecule has 1 aromatic heterocycles. The zero-order chi connectivity index (χ0) is 21.8. The van der Waals surface area contributed by atoms with Crippen molar-refractivity contribution in [3.05, 3.63) is 51.2 Å². The maximum atomic E-state index is 12.6. The van der Waals surface area contributed by atoms with Gasteiger partial charge in [-0.2, -0.15) is 0 Å². The van der Waals surface area contributed by atoms with Gasteiger partial charge in [-0.3, -0.25) is 19.1 Å². The molecule has 0 unspecified atom stereocenters. The lowest BCUT2D eigenvalue weighted by Crippen LogP contribution is -2.49. The van der Waals surface area contributed by atoms with Crippen LogP contribution in [-0.2, 0) is 16.1 Å². The van der Waals surface area contributed by atoms with E-state index in [1.54, 1.807) is 36.0 Å². The van der Waals surface area contributed by atoms with Crippen LogP contribution < -0.4 is 16.7 Å². The predicted octanol–water partition coefficient (Wildman–Crippen LogP) is 1.58. The molecule has 0 saturated carbocycles. The van der Waals surface area contributed by atoms with Crippen molar-refractivity contribution in [3.63, 3.8) is 0 Å². The Morgan fingerprint density at radius 2 is 2.17 bits per heavy atom. The third-order valence-corrected chi connectivity index (χ3v) is 5.30. The van der Waals surface area contributed by atoms with Gasteiger partial charge in [-0.1, -0.05) is 23.2 Å². The first kappa shape index (κ1) is 22.0. The van der Waals surface area contributed by atoms with E-state index in [1.165, 1.54) is 11.0 Å². The minimum absolute atomic E-state index is 0.0227. The van der Waals surface area contributed by atoms with Crippen molar-refractivity contribution in [1.82, 2.24) is 19.8 Å². The van der Waals surface area contributed by atoms with E-state index in [2.05, 4.69) is 15.3 Å². The van der Waals surface area contributed by atoms with Gasteiger partial charge < -0.3 is 16.0 Å². The molecule has 1 aliphatic rings. The molecule has 2 amide bonds. The second-order valence-corrected chi connectivity index (χ2v) is 7.52. The zero-order valence-corrected chi connectivity index (χ0v) is 18.2. The van der Waals surface area contributed by atoms with Gasteiger partial charge in [-0.25, -0.2) is 4.98 Å². The quantitative estimate of drug-likeness (QED) is 0.692. The maximum absolute atomic E-state index is 12.6. The van der Waals surface area contributed by atoms with Crippen molar-refractivity contribution in [2.24, 2.45) is 10.7 Å². The fourth-order valence-corrected chi connectivity index (χ4v) is 3.77. The summed E-state index contributed by atoms with van der Waals surface area (Å²) in [6.07, 6.45) is 2.96. The summed E-state index contributed by atoms with van der Waals surface area (Å²) >= 11 is 12.5. The molecular weight excluding hydrogens is 427 g/mol. The van der Waals surface area contributed by atoms with E-state index in [4.69, 9.17) is 28.9 Å². The normalized spacial score (nSPS) is 15.0. The van der Waals surface area contributed by atoms with E-state index in [0.717, 1.165) is 5.56 Å². The lowest BCUT2D eigenvalue weighted by molar-refractivity contribution is -0.134. The van der Waals surface area contributed by atoms with E-state index >= 15 is 0 Å². The van der Waals surface area contributed by atoms with Crippen LogP contribution in [0.5, 0.6) is 0 Å². The summed E-state index contributed by atoms with van der Waals surface area (Å²) in [5, 5.41) is 3.64. The number of aromatic nitrogens is 2. The summed E-state index contributed by atoms with van der Waals surface area (Å²) < 4.78 is 1.67. The fourth-order valence-electron chi connectivity index (χ4n) is 3.28. The highest BCUT2D eigenvalue weighted by Gasteiger charge is 2.20. The second-order valence-electron chi connectivity index (χ2n) is 6.67. The van der Waals surface area contributed by atoms with Gasteiger partial charge in [0.15, 0.2) is 0 Å². The van der Waals surface area contributed by atoms with Crippen molar-refractivity contribution in [2.75, 3.05) is 26.7 Å². The molecule has 1 fully saturated rings. The molecule has 158 valence electrons. The monoisotopic (exact) mass is 448 g/mol. The summed E-state index contributed by atoms with van der Waals surface area (Å²) in [4.78, 5) is 34.4. The molecule has 0 spiro atoms. The zero-order valence-electron chi connectivity index (χ0n) is 16.7. The van der Waals surface area contributed by atoms with E-state index in [0.29, 0.717) is 45.7 Å². The highest BCUT2D eigenvalue weighted by atomic mass is 35.5. The Bertz CT molecular complexity index is 1090. The van der Waals surface area contributed by atoms with E-state index in [-0.39, 0.29) is 24.9 Å². The van der Waals surface area contributed by atoms with Gasteiger partial charge in [0.25, 0.3) is 0 Å². The van der Waals surface area contributed by atoms with Crippen LogP contribution in [-0.4, -0.2) is 52.9 Å². The van der Waals surface area contributed by atoms with Crippen LogP contribution in [0.1, 0.15) is 11.3 Å². The number of carbonyl (C=O) groups excluding carboxylic acids is 2. The van der Waals surface area contributed by atoms with Crippen molar-refractivity contribution >= 4 is 41.2 Å². The molecule has 10 heteroatoms. The Kier molecular flexibility index (Phi) is 6.91. The summed E-state index contributed by atoms with van der Waals surface area (Å²) in [7, 11) is 1.61. The number of hydrogen-bond acceptors (Lipinski definition) is 5. The SMILES string of the molecule is CN=c1nc(C)c(CN)c(-c2ccc(Cl)cc2Cl)n1/C=C/C(=O)N1CCNC(=O)C1. The predicted molar refractivity (Wildman–Crippen MR) is 117 cm³/mol. The maximum Gasteiger partial charge on any atom is 0.248 e. The molecule has 1 saturated heterocycles. The van der Waals surface area contributed by atoms with Crippen molar-refractivity contribution in [1.29, 1.82) is 0 Å². The molecule has 0 aliphatic carbocycles. The van der Waals surface area contributed by atoms with Gasteiger partial charge in [0.1, 0.15) is 0 Å². The highest BCUT2D eigenvalue weighted by molar-refractivity contribution is 6.36. The third kappa shape index (κ3) is 4.56. The van der Waals surface area contributed by atoms with Crippen LogP contribution >= 0.6 is 23.2 Å². The standard InChI is InChI=1S/C20H22Cl2N6O2/c1-12-15(10-23)19(14-4-3-13(21)9-16(14)22)28(20(24-2)26-12)7-5-18(30)27-8-6-25-17(29)11-27/h3-5,7,9H,6,8,10-11,23H2,1-2H3,(H,25,29)/b7-5+,24-20?. The number of aryl methyl sites for hydroxylation is 1. The van der Waals surface area contributed by atoms with Crippen molar-refractivity contribution < 1.29 is 9.59 Å². The van der Waals surface area contributed by atoms with Gasteiger partial charge in [-0.15, -0.1) is 0 Å². The average Bonchev–Trinajstić information content (AvgIpc) is 2.72. The van der Waals surface area contributed by atoms with Gasteiger partial charge in [0, 0.05) is 60.8 Å². The number of hydrogen-bond donors (Lipinski definition) is 2. The number of piperazine rings is 1. The number of nitrogens with zero attached hydrogens (tertiary/aromatic N) is 4. The van der Waals surface area contributed by atoms with Crippen LogP contribution in [0.15, 0.2) is 29.3 Å². The Balaban J connectivity index is 2.15.